The average molecular weight is 390 g/mol. The van der Waals surface area contributed by atoms with Crippen LogP contribution in [0.25, 0.3) is 6.08 Å². The van der Waals surface area contributed by atoms with Crippen LogP contribution in [-0.2, 0) is 25.3 Å². The molecule has 1 heterocycles. The van der Waals surface area contributed by atoms with E-state index in [0.29, 0.717) is 12.2 Å². The molecule has 1 N–H and O–H groups in total. The summed E-state index contributed by atoms with van der Waals surface area (Å²) in [5.41, 5.74) is 1.86. The van der Waals surface area contributed by atoms with Gasteiger partial charge in [0.1, 0.15) is 0 Å². The van der Waals surface area contributed by atoms with Crippen LogP contribution in [0.4, 0.5) is 0 Å². The molecule has 0 amide bonds. The summed E-state index contributed by atoms with van der Waals surface area (Å²) in [7, 11) is -0.524. The Morgan fingerprint density at radius 2 is 1.81 bits per heavy atom. The molecular formula is C20H27BO5S. The molecule has 0 aliphatic carbocycles. The normalized spacial score (nSPS) is 18.6. The smallest absolute Gasteiger partial charge is 0.481 e. The van der Waals surface area contributed by atoms with Crippen molar-refractivity contribution in [2.24, 2.45) is 0 Å². The zero-order valence-electron chi connectivity index (χ0n) is 16.6. The first-order chi connectivity index (χ1) is 12.5. The lowest BCUT2D eigenvalue weighted by atomic mass is 9.78. The molecular weight excluding hydrogens is 363 g/mol. The van der Waals surface area contributed by atoms with Crippen LogP contribution in [0.5, 0.6) is 0 Å². The van der Waals surface area contributed by atoms with Crippen molar-refractivity contribution in [2.45, 2.75) is 58.7 Å². The molecule has 7 heteroatoms. The van der Waals surface area contributed by atoms with E-state index in [1.54, 1.807) is 6.92 Å². The number of hydrogen-bond donors (Lipinski definition) is 1. The maximum Gasteiger partial charge on any atom is 0.491 e. The predicted molar refractivity (Wildman–Crippen MR) is 110 cm³/mol. The number of carbonyl (C=O) groups is 2. The van der Waals surface area contributed by atoms with Crippen molar-refractivity contribution in [3.8, 4) is 0 Å². The van der Waals surface area contributed by atoms with E-state index >= 15 is 0 Å². The maximum absolute atomic E-state index is 11.5. The number of carboxylic acids is 1. The lowest BCUT2D eigenvalue weighted by Crippen LogP contribution is -2.41. The quantitative estimate of drug-likeness (QED) is 0.710. The van der Waals surface area contributed by atoms with Crippen LogP contribution in [-0.4, -0.2) is 40.3 Å². The van der Waals surface area contributed by atoms with Crippen molar-refractivity contribution in [1.82, 2.24) is 0 Å². The van der Waals surface area contributed by atoms with E-state index < -0.39 is 24.3 Å². The Balaban J connectivity index is 2.27. The highest BCUT2D eigenvalue weighted by Crippen LogP contribution is 2.39. The zero-order chi connectivity index (χ0) is 20.2. The first-order valence-electron chi connectivity index (χ1n) is 9.00. The highest BCUT2D eigenvalue weighted by molar-refractivity contribution is 8.13. The number of benzene rings is 1. The van der Waals surface area contributed by atoms with E-state index in [1.165, 1.54) is 11.8 Å². The number of thioether (sulfide) groups is 1. The fraction of sp³-hybridized carbons (Fsp3) is 0.500. The Morgan fingerprint density at radius 1 is 1.19 bits per heavy atom. The van der Waals surface area contributed by atoms with E-state index in [1.807, 2.05) is 58.0 Å². The lowest BCUT2D eigenvalue weighted by molar-refractivity contribution is -0.137. The average Bonchev–Trinajstić information content (AvgIpc) is 2.77. The Hall–Kier alpha value is -1.57. The molecule has 0 saturated carbocycles. The Bertz CT molecular complexity index is 726. The highest BCUT2D eigenvalue weighted by Gasteiger charge is 2.52. The first kappa shape index (κ1) is 21.7. The van der Waals surface area contributed by atoms with Crippen LogP contribution >= 0.6 is 11.8 Å². The van der Waals surface area contributed by atoms with E-state index in [-0.39, 0.29) is 11.5 Å². The second-order valence-electron chi connectivity index (χ2n) is 7.73. The summed E-state index contributed by atoms with van der Waals surface area (Å²) in [4.78, 5) is 22.3. The van der Waals surface area contributed by atoms with Crippen LogP contribution < -0.4 is 0 Å². The molecule has 27 heavy (non-hydrogen) atoms. The van der Waals surface area contributed by atoms with E-state index in [4.69, 9.17) is 14.4 Å². The molecule has 1 fully saturated rings. The molecule has 1 aromatic carbocycles. The second kappa shape index (κ2) is 8.63. The maximum atomic E-state index is 11.5. The van der Waals surface area contributed by atoms with Gasteiger partial charge in [-0.1, -0.05) is 42.1 Å². The van der Waals surface area contributed by atoms with Gasteiger partial charge in [0.15, 0.2) is 5.12 Å². The van der Waals surface area contributed by atoms with Crippen LogP contribution in [0.15, 0.2) is 29.7 Å². The standard InChI is InChI=1S/C20H27BO5S/c1-14(22)27-13-17(21-25-19(2,3)20(4,5)26-21)12-16-8-6-7-15(11-16)9-10-18(23)24/h6-8,11-12H,9-10,13H2,1-5H3,(H,23,24). The summed E-state index contributed by atoms with van der Waals surface area (Å²) in [5.74, 6) is -0.336. The van der Waals surface area contributed by atoms with Crippen molar-refractivity contribution in [3.63, 3.8) is 0 Å². The second-order valence-corrected chi connectivity index (χ2v) is 8.88. The summed E-state index contributed by atoms with van der Waals surface area (Å²) in [6, 6.07) is 7.74. The van der Waals surface area contributed by atoms with Crippen molar-refractivity contribution >= 4 is 36.0 Å². The minimum Gasteiger partial charge on any atom is -0.481 e. The fourth-order valence-electron chi connectivity index (χ4n) is 2.66. The summed E-state index contributed by atoms with van der Waals surface area (Å²) >= 11 is 1.22. The Kier molecular flexibility index (Phi) is 6.95. The molecule has 146 valence electrons. The van der Waals surface area contributed by atoms with E-state index in [2.05, 4.69) is 0 Å². The molecule has 0 spiro atoms. The SMILES string of the molecule is CC(=O)SCC(=Cc1cccc(CCC(=O)O)c1)B1OC(C)(C)C(C)(C)O1. The van der Waals surface area contributed by atoms with Gasteiger partial charge >= 0.3 is 13.1 Å². The molecule has 0 radical (unpaired) electrons. The van der Waals surface area contributed by atoms with Gasteiger partial charge in [0, 0.05) is 19.1 Å². The largest absolute Gasteiger partial charge is 0.491 e. The predicted octanol–water partition coefficient (Wildman–Crippen LogP) is 4.00. The summed E-state index contributed by atoms with van der Waals surface area (Å²) in [6.07, 6.45) is 2.55. The fourth-order valence-corrected chi connectivity index (χ4v) is 3.25. The summed E-state index contributed by atoms with van der Waals surface area (Å²) in [5, 5.41) is 8.91. The molecule has 0 aromatic heterocycles. The van der Waals surface area contributed by atoms with Gasteiger partial charge < -0.3 is 14.4 Å². The van der Waals surface area contributed by atoms with Crippen molar-refractivity contribution in [3.05, 3.63) is 40.9 Å². The van der Waals surface area contributed by atoms with Gasteiger partial charge in [-0.3, -0.25) is 9.59 Å². The number of aryl methyl sites for hydroxylation is 1. The Labute approximate surface area is 165 Å². The number of hydrogen-bond acceptors (Lipinski definition) is 5. The zero-order valence-corrected chi connectivity index (χ0v) is 17.4. The van der Waals surface area contributed by atoms with Crippen LogP contribution in [0, 0.1) is 0 Å². The van der Waals surface area contributed by atoms with Gasteiger partial charge in [-0.25, -0.2) is 0 Å². The van der Waals surface area contributed by atoms with Crippen molar-refractivity contribution in [2.75, 3.05) is 5.75 Å². The van der Waals surface area contributed by atoms with Crippen molar-refractivity contribution in [1.29, 1.82) is 0 Å². The van der Waals surface area contributed by atoms with Crippen LogP contribution in [0.3, 0.4) is 0 Å². The summed E-state index contributed by atoms with van der Waals surface area (Å²) in [6.45, 7) is 9.52. The lowest BCUT2D eigenvalue weighted by Gasteiger charge is -2.32. The number of carboxylic acid groups (broad SMARTS) is 1. The number of aliphatic carboxylic acids is 1. The van der Waals surface area contributed by atoms with Gasteiger partial charge in [-0.05, 0) is 50.7 Å². The van der Waals surface area contributed by atoms with Crippen molar-refractivity contribution < 1.29 is 24.0 Å². The molecule has 2 rings (SSSR count). The van der Waals surface area contributed by atoms with Gasteiger partial charge in [-0.2, -0.15) is 0 Å². The van der Waals surface area contributed by atoms with E-state index in [9.17, 15) is 9.59 Å². The van der Waals surface area contributed by atoms with Crippen LogP contribution in [0.1, 0.15) is 52.2 Å². The van der Waals surface area contributed by atoms with Gasteiger partial charge in [0.05, 0.1) is 11.2 Å². The molecule has 5 nitrogen and oxygen atoms in total. The molecule has 0 bridgehead atoms. The monoisotopic (exact) mass is 390 g/mol. The third kappa shape index (κ3) is 5.96. The van der Waals surface area contributed by atoms with E-state index in [0.717, 1.165) is 16.6 Å². The van der Waals surface area contributed by atoms with Gasteiger partial charge in [0.25, 0.3) is 0 Å². The van der Waals surface area contributed by atoms with Gasteiger partial charge in [0.2, 0.25) is 0 Å². The molecule has 0 atom stereocenters. The highest BCUT2D eigenvalue weighted by atomic mass is 32.2. The first-order valence-corrected chi connectivity index (χ1v) is 9.99. The number of carbonyl (C=O) groups excluding carboxylic acids is 1. The molecule has 1 aromatic rings. The minimum absolute atomic E-state index is 0.0348. The molecule has 1 aliphatic rings. The molecule has 0 unspecified atom stereocenters. The minimum atomic E-state index is -0.813. The van der Waals surface area contributed by atoms with Gasteiger partial charge in [-0.15, -0.1) is 0 Å². The summed E-state index contributed by atoms with van der Waals surface area (Å²) < 4.78 is 12.3. The number of rotatable bonds is 7. The Morgan fingerprint density at radius 3 is 2.37 bits per heavy atom. The molecule has 1 saturated heterocycles. The van der Waals surface area contributed by atoms with Crippen LogP contribution in [0.2, 0.25) is 0 Å². The third-order valence-electron chi connectivity index (χ3n) is 4.93. The molecule has 1 aliphatic heterocycles. The topological polar surface area (TPSA) is 72.8 Å². The third-order valence-corrected chi connectivity index (χ3v) is 5.81.